The maximum atomic E-state index is 13.1. The zero-order chi connectivity index (χ0) is 9.97. The smallest absolute Gasteiger partial charge is 0.223 e. The van der Waals surface area contributed by atoms with Crippen molar-refractivity contribution in [3.63, 3.8) is 0 Å². The summed E-state index contributed by atoms with van der Waals surface area (Å²) in [5.41, 5.74) is 0.543. The standard InChI is InChI=1S/C11H12FNO/c12-10-4-2-1-3-9(10)7-13-11(14)8-5-6-8/h1-4,8H,5-7H2,(H,13,14). The highest BCUT2D eigenvalue weighted by Crippen LogP contribution is 2.28. The second-order valence-electron chi connectivity index (χ2n) is 3.58. The third-order valence-electron chi connectivity index (χ3n) is 2.36. The normalized spacial score (nSPS) is 15.2. The summed E-state index contributed by atoms with van der Waals surface area (Å²) in [5.74, 6) is -0.0291. The van der Waals surface area contributed by atoms with Crippen LogP contribution in [0.5, 0.6) is 0 Å². The first-order chi connectivity index (χ1) is 6.77. The van der Waals surface area contributed by atoms with Gasteiger partial charge in [0.2, 0.25) is 5.91 Å². The van der Waals surface area contributed by atoms with Crippen molar-refractivity contribution in [1.29, 1.82) is 0 Å². The van der Waals surface area contributed by atoms with Crippen molar-refractivity contribution >= 4 is 5.91 Å². The lowest BCUT2D eigenvalue weighted by Crippen LogP contribution is -2.24. The fourth-order valence-electron chi connectivity index (χ4n) is 1.31. The van der Waals surface area contributed by atoms with Crippen molar-refractivity contribution in [3.05, 3.63) is 35.6 Å². The van der Waals surface area contributed by atoms with Gasteiger partial charge in [0.1, 0.15) is 5.82 Å². The molecule has 3 heteroatoms. The van der Waals surface area contributed by atoms with Gasteiger partial charge in [-0.05, 0) is 18.9 Å². The van der Waals surface area contributed by atoms with Gasteiger partial charge in [-0.3, -0.25) is 4.79 Å². The predicted molar refractivity (Wildman–Crippen MR) is 51.0 cm³/mol. The van der Waals surface area contributed by atoms with Crippen LogP contribution in [-0.4, -0.2) is 5.91 Å². The SMILES string of the molecule is O=C(NCc1ccccc1F)C1CC1. The summed E-state index contributed by atoms with van der Waals surface area (Å²) < 4.78 is 13.1. The molecule has 0 spiro atoms. The quantitative estimate of drug-likeness (QED) is 0.779. The molecule has 0 atom stereocenters. The maximum Gasteiger partial charge on any atom is 0.223 e. The molecule has 1 amide bonds. The first-order valence-electron chi connectivity index (χ1n) is 4.78. The van der Waals surface area contributed by atoms with Crippen molar-refractivity contribution in [2.75, 3.05) is 0 Å². The molecular formula is C11H12FNO. The number of rotatable bonds is 3. The Morgan fingerprint density at radius 2 is 2.14 bits per heavy atom. The third-order valence-corrected chi connectivity index (χ3v) is 2.36. The van der Waals surface area contributed by atoms with E-state index in [-0.39, 0.29) is 17.6 Å². The molecule has 0 unspecified atom stereocenters. The second-order valence-corrected chi connectivity index (χ2v) is 3.58. The van der Waals surface area contributed by atoms with Crippen LogP contribution in [0.2, 0.25) is 0 Å². The van der Waals surface area contributed by atoms with Gasteiger partial charge in [0.15, 0.2) is 0 Å². The van der Waals surface area contributed by atoms with Gasteiger partial charge in [-0.1, -0.05) is 18.2 Å². The molecule has 14 heavy (non-hydrogen) atoms. The van der Waals surface area contributed by atoms with Crippen LogP contribution < -0.4 is 5.32 Å². The Kier molecular flexibility index (Phi) is 2.48. The minimum atomic E-state index is -0.261. The van der Waals surface area contributed by atoms with Crippen molar-refractivity contribution in [2.45, 2.75) is 19.4 Å². The number of carbonyl (C=O) groups is 1. The highest BCUT2D eigenvalue weighted by Gasteiger charge is 2.29. The van der Waals surface area contributed by atoms with Crippen LogP contribution in [-0.2, 0) is 11.3 Å². The van der Waals surface area contributed by atoms with E-state index >= 15 is 0 Å². The topological polar surface area (TPSA) is 29.1 Å². The number of hydrogen-bond donors (Lipinski definition) is 1. The average Bonchev–Trinajstić information content (AvgIpc) is 2.99. The summed E-state index contributed by atoms with van der Waals surface area (Å²) >= 11 is 0. The van der Waals surface area contributed by atoms with E-state index in [2.05, 4.69) is 5.32 Å². The van der Waals surface area contributed by atoms with E-state index < -0.39 is 0 Å². The van der Waals surface area contributed by atoms with Crippen LogP contribution in [0.15, 0.2) is 24.3 Å². The van der Waals surface area contributed by atoms with Crippen molar-refractivity contribution in [2.24, 2.45) is 5.92 Å². The maximum absolute atomic E-state index is 13.1. The van der Waals surface area contributed by atoms with Crippen LogP contribution >= 0.6 is 0 Å². The van der Waals surface area contributed by atoms with Crippen molar-refractivity contribution in [1.82, 2.24) is 5.32 Å². The number of hydrogen-bond acceptors (Lipinski definition) is 1. The summed E-state index contributed by atoms with van der Waals surface area (Å²) in [6.45, 7) is 0.294. The number of benzene rings is 1. The molecule has 0 aromatic heterocycles. The summed E-state index contributed by atoms with van der Waals surface area (Å²) in [7, 11) is 0. The Hall–Kier alpha value is -1.38. The molecule has 0 saturated heterocycles. The Morgan fingerprint density at radius 1 is 1.43 bits per heavy atom. The van der Waals surface area contributed by atoms with Crippen LogP contribution in [0.3, 0.4) is 0 Å². The van der Waals surface area contributed by atoms with E-state index in [0.29, 0.717) is 12.1 Å². The molecule has 2 nitrogen and oxygen atoms in total. The minimum absolute atomic E-state index is 0.0493. The summed E-state index contributed by atoms with van der Waals surface area (Å²) in [6, 6.07) is 6.49. The van der Waals surface area contributed by atoms with Crippen LogP contribution in [0.25, 0.3) is 0 Å². The molecule has 1 saturated carbocycles. The van der Waals surface area contributed by atoms with Crippen molar-refractivity contribution < 1.29 is 9.18 Å². The van der Waals surface area contributed by atoms with E-state index in [4.69, 9.17) is 0 Å². The van der Waals surface area contributed by atoms with Gasteiger partial charge in [0.25, 0.3) is 0 Å². The van der Waals surface area contributed by atoms with Gasteiger partial charge in [-0.25, -0.2) is 4.39 Å². The van der Waals surface area contributed by atoms with E-state index in [1.165, 1.54) is 6.07 Å². The van der Waals surface area contributed by atoms with Crippen molar-refractivity contribution in [3.8, 4) is 0 Å². The number of amides is 1. The van der Waals surface area contributed by atoms with Gasteiger partial charge < -0.3 is 5.32 Å². The zero-order valence-corrected chi connectivity index (χ0v) is 7.79. The van der Waals surface area contributed by atoms with E-state index in [1.54, 1.807) is 18.2 Å². The van der Waals surface area contributed by atoms with Gasteiger partial charge in [-0.2, -0.15) is 0 Å². The Balaban J connectivity index is 1.91. The van der Waals surface area contributed by atoms with Gasteiger partial charge >= 0.3 is 0 Å². The number of nitrogens with one attached hydrogen (secondary N) is 1. The minimum Gasteiger partial charge on any atom is -0.352 e. The molecule has 1 aliphatic carbocycles. The Bertz CT molecular complexity index is 347. The predicted octanol–water partition coefficient (Wildman–Crippen LogP) is 1.85. The second kappa shape index (κ2) is 3.78. The van der Waals surface area contributed by atoms with Crippen LogP contribution in [0.4, 0.5) is 4.39 Å². The van der Waals surface area contributed by atoms with Gasteiger partial charge in [0.05, 0.1) is 0 Å². The van der Waals surface area contributed by atoms with E-state index in [0.717, 1.165) is 12.8 Å². The van der Waals surface area contributed by atoms with E-state index in [9.17, 15) is 9.18 Å². The highest BCUT2D eigenvalue weighted by atomic mass is 19.1. The summed E-state index contributed by atoms with van der Waals surface area (Å²) in [6.07, 6.45) is 1.95. The third kappa shape index (κ3) is 2.10. The Labute approximate surface area is 82.1 Å². The summed E-state index contributed by atoms with van der Waals surface area (Å²) in [4.78, 5) is 11.3. The zero-order valence-electron chi connectivity index (χ0n) is 7.79. The molecule has 74 valence electrons. The largest absolute Gasteiger partial charge is 0.352 e. The molecule has 0 bridgehead atoms. The fourth-order valence-corrected chi connectivity index (χ4v) is 1.31. The van der Waals surface area contributed by atoms with Gasteiger partial charge in [-0.15, -0.1) is 0 Å². The molecule has 0 radical (unpaired) electrons. The summed E-state index contributed by atoms with van der Waals surface area (Å²) in [5, 5.41) is 2.72. The Morgan fingerprint density at radius 3 is 2.79 bits per heavy atom. The van der Waals surface area contributed by atoms with Crippen LogP contribution in [0.1, 0.15) is 18.4 Å². The van der Waals surface area contributed by atoms with Crippen LogP contribution in [0, 0.1) is 11.7 Å². The number of halogens is 1. The lowest BCUT2D eigenvalue weighted by molar-refractivity contribution is -0.122. The lowest BCUT2D eigenvalue weighted by atomic mass is 10.2. The highest BCUT2D eigenvalue weighted by molar-refractivity contribution is 5.80. The fraction of sp³-hybridized carbons (Fsp3) is 0.364. The molecule has 1 aliphatic rings. The first-order valence-corrected chi connectivity index (χ1v) is 4.78. The molecule has 1 N–H and O–H groups in total. The lowest BCUT2D eigenvalue weighted by Gasteiger charge is -2.04. The average molecular weight is 193 g/mol. The van der Waals surface area contributed by atoms with E-state index in [1.807, 2.05) is 0 Å². The molecular weight excluding hydrogens is 181 g/mol. The molecule has 1 aromatic rings. The molecule has 0 aliphatic heterocycles. The van der Waals surface area contributed by atoms with Gasteiger partial charge in [0, 0.05) is 18.0 Å². The molecule has 1 aromatic carbocycles. The first kappa shape index (κ1) is 9.19. The number of carbonyl (C=O) groups excluding carboxylic acids is 1. The molecule has 0 heterocycles. The molecule has 1 fully saturated rings. The molecule has 2 rings (SSSR count). The monoisotopic (exact) mass is 193 g/mol.